The van der Waals surface area contributed by atoms with E-state index in [0.29, 0.717) is 10.9 Å². The fourth-order valence-corrected chi connectivity index (χ4v) is 2.09. The summed E-state index contributed by atoms with van der Waals surface area (Å²) >= 11 is 0. The van der Waals surface area contributed by atoms with E-state index < -0.39 is 24.0 Å². The van der Waals surface area contributed by atoms with Gasteiger partial charge in [0.05, 0.1) is 17.4 Å². The molecular weight excluding hydrogens is 271 g/mol. The first kappa shape index (κ1) is 14.3. The molecule has 0 aliphatic rings. The first-order valence-corrected chi connectivity index (χ1v) is 5.95. The van der Waals surface area contributed by atoms with Gasteiger partial charge in [0, 0.05) is 11.6 Å². The molecule has 3 nitrogen and oxygen atoms in total. The SMILES string of the molecule is C[C@H]([C@H](C(=O)O)c1cnc2ccccc2c1)C(F)(F)F. The maximum absolute atomic E-state index is 12.8. The van der Waals surface area contributed by atoms with E-state index in [4.69, 9.17) is 5.11 Å². The topological polar surface area (TPSA) is 50.2 Å². The smallest absolute Gasteiger partial charge is 0.392 e. The zero-order chi connectivity index (χ0) is 14.9. The molecule has 6 heteroatoms. The van der Waals surface area contributed by atoms with Crippen molar-refractivity contribution in [3.63, 3.8) is 0 Å². The number of carbonyl (C=O) groups is 1. The fourth-order valence-electron chi connectivity index (χ4n) is 2.09. The molecule has 2 rings (SSSR count). The van der Waals surface area contributed by atoms with Crippen LogP contribution in [0.25, 0.3) is 10.9 Å². The lowest BCUT2D eigenvalue weighted by Gasteiger charge is -2.23. The summed E-state index contributed by atoms with van der Waals surface area (Å²) < 4.78 is 38.3. The molecular formula is C14H12F3NO2. The first-order valence-electron chi connectivity index (χ1n) is 5.95. The van der Waals surface area contributed by atoms with Gasteiger partial charge in [0.1, 0.15) is 0 Å². The van der Waals surface area contributed by atoms with Gasteiger partial charge in [-0.05, 0) is 17.7 Å². The van der Waals surface area contributed by atoms with E-state index in [1.807, 2.05) is 0 Å². The van der Waals surface area contributed by atoms with Crippen LogP contribution < -0.4 is 0 Å². The molecule has 0 amide bonds. The number of carboxylic acid groups (broad SMARTS) is 1. The van der Waals surface area contributed by atoms with Crippen molar-refractivity contribution in [3.8, 4) is 0 Å². The van der Waals surface area contributed by atoms with Crippen molar-refractivity contribution in [2.75, 3.05) is 0 Å². The van der Waals surface area contributed by atoms with Gasteiger partial charge < -0.3 is 5.11 Å². The van der Waals surface area contributed by atoms with Crippen molar-refractivity contribution in [3.05, 3.63) is 42.1 Å². The largest absolute Gasteiger partial charge is 0.481 e. The lowest BCUT2D eigenvalue weighted by atomic mass is 9.87. The summed E-state index contributed by atoms with van der Waals surface area (Å²) in [6, 6.07) is 8.31. The van der Waals surface area contributed by atoms with E-state index >= 15 is 0 Å². The number of alkyl halides is 3. The number of aliphatic carboxylic acids is 1. The Morgan fingerprint density at radius 2 is 1.95 bits per heavy atom. The number of rotatable bonds is 3. The average Bonchev–Trinajstić information content (AvgIpc) is 2.37. The molecule has 2 aromatic rings. The molecule has 1 aromatic carbocycles. The van der Waals surface area contributed by atoms with E-state index in [2.05, 4.69) is 4.98 Å². The minimum absolute atomic E-state index is 0.0565. The van der Waals surface area contributed by atoms with Crippen LogP contribution in [0.5, 0.6) is 0 Å². The molecule has 106 valence electrons. The standard InChI is InChI=1S/C14H12F3NO2/c1-8(14(15,16)17)12(13(19)20)10-6-9-4-2-3-5-11(9)18-7-10/h2-8,12H,1H3,(H,19,20)/t8-,12+/m1/s1. The van der Waals surface area contributed by atoms with Crippen LogP contribution in [-0.2, 0) is 4.79 Å². The fraction of sp³-hybridized carbons (Fsp3) is 0.286. The molecule has 0 spiro atoms. The van der Waals surface area contributed by atoms with Crippen molar-refractivity contribution in [1.82, 2.24) is 4.98 Å². The maximum Gasteiger partial charge on any atom is 0.392 e. The van der Waals surface area contributed by atoms with Crippen molar-refractivity contribution in [2.45, 2.75) is 19.0 Å². The highest BCUT2D eigenvalue weighted by Gasteiger charge is 2.45. The van der Waals surface area contributed by atoms with Crippen LogP contribution in [0.2, 0.25) is 0 Å². The second-order valence-corrected chi connectivity index (χ2v) is 4.61. The molecule has 0 aliphatic heterocycles. The van der Waals surface area contributed by atoms with E-state index in [9.17, 15) is 18.0 Å². The molecule has 0 unspecified atom stereocenters. The Labute approximate surface area is 113 Å². The minimum Gasteiger partial charge on any atom is -0.481 e. The van der Waals surface area contributed by atoms with Crippen molar-refractivity contribution >= 4 is 16.9 Å². The molecule has 0 radical (unpaired) electrons. The van der Waals surface area contributed by atoms with Crippen molar-refractivity contribution in [2.24, 2.45) is 5.92 Å². The number of nitrogens with zero attached hydrogens (tertiary/aromatic N) is 1. The number of carboxylic acids is 1. The molecule has 0 saturated heterocycles. The predicted octanol–water partition coefficient (Wildman–Crippen LogP) is 3.60. The maximum atomic E-state index is 12.8. The highest BCUT2D eigenvalue weighted by atomic mass is 19.4. The monoisotopic (exact) mass is 283 g/mol. The number of fused-ring (bicyclic) bond motifs is 1. The van der Waals surface area contributed by atoms with Crippen LogP contribution >= 0.6 is 0 Å². The first-order chi connectivity index (χ1) is 9.30. The van der Waals surface area contributed by atoms with Crippen molar-refractivity contribution in [1.29, 1.82) is 0 Å². The van der Waals surface area contributed by atoms with Gasteiger partial charge in [-0.2, -0.15) is 13.2 Å². The van der Waals surface area contributed by atoms with Gasteiger partial charge >= 0.3 is 12.1 Å². The lowest BCUT2D eigenvalue weighted by Crippen LogP contribution is -2.31. The van der Waals surface area contributed by atoms with Gasteiger partial charge in [0.2, 0.25) is 0 Å². The number of hydrogen-bond donors (Lipinski definition) is 1. The lowest BCUT2D eigenvalue weighted by molar-refractivity contribution is -0.183. The van der Waals surface area contributed by atoms with Gasteiger partial charge in [-0.25, -0.2) is 0 Å². The summed E-state index contributed by atoms with van der Waals surface area (Å²) in [5.41, 5.74) is 0.668. The zero-order valence-electron chi connectivity index (χ0n) is 10.6. The number of pyridine rings is 1. The number of benzene rings is 1. The highest BCUT2D eigenvalue weighted by Crippen LogP contribution is 2.37. The van der Waals surface area contributed by atoms with Crippen LogP contribution in [0.3, 0.4) is 0 Å². The van der Waals surface area contributed by atoms with Crippen LogP contribution in [0.4, 0.5) is 13.2 Å². The van der Waals surface area contributed by atoms with Crippen LogP contribution in [-0.4, -0.2) is 22.2 Å². The zero-order valence-corrected chi connectivity index (χ0v) is 10.6. The Morgan fingerprint density at radius 3 is 2.55 bits per heavy atom. The summed E-state index contributed by atoms with van der Waals surface area (Å²) in [6.45, 7) is 0.869. The van der Waals surface area contributed by atoms with Gasteiger partial charge in [-0.15, -0.1) is 0 Å². The van der Waals surface area contributed by atoms with E-state index in [1.54, 1.807) is 24.3 Å². The summed E-state index contributed by atoms with van der Waals surface area (Å²) in [6.07, 6.45) is -3.38. The van der Waals surface area contributed by atoms with Crippen LogP contribution in [0, 0.1) is 5.92 Å². The predicted molar refractivity (Wildman–Crippen MR) is 67.3 cm³/mol. The second-order valence-electron chi connectivity index (χ2n) is 4.61. The van der Waals surface area contributed by atoms with Crippen molar-refractivity contribution < 1.29 is 23.1 Å². The van der Waals surface area contributed by atoms with Gasteiger partial charge in [0.25, 0.3) is 0 Å². The third-order valence-corrected chi connectivity index (χ3v) is 3.25. The summed E-state index contributed by atoms with van der Waals surface area (Å²) in [7, 11) is 0. The number of halogens is 3. The summed E-state index contributed by atoms with van der Waals surface area (Å²) in [5, 5.41) is 9.72. The molecule has 1 N–H and O–H groups in total. The molecule has 0 aliphatic carbocycles. The Hall–Kier alpha value is -2.11. The number of para-hydroxylation sites is 1. The quantitative estimate of drug-likeness (QED) is 0.936. The Morgan fingerprint density at radius 1 is 1.30 bits per heavy atom. The number of aromatic nitrogens is 1. The van der Waals surface area contributed by atoms with Crippen LogP contribution in [0.15, 0.2) is 36.5 Å². The third kappa shape index (κ3) is 2.74. The van der Waals surface area contributed by atoms with E-state index in [0.717, 1.165) is 6.92 Å². The second kappa shape index (κ2) is 5.11. The molecule has 20 heavy (non-hydrogen) atoms. The molecule has 0 bridgehead atoms. The number of hydrogen-bond acceptors (Lipinski definition) is 2. The van der Waals surface area contributed by atoms with Gasteiger partial charge in [-0.3, -0.25) is 9.78 Å². The Balaban J connectivity index is 2.49. The summed E-state index contributed by atoms with van der Waals surface area (Å²) in [5.74, 6) is -5.15. The molecule has 2 atom stereocenters. The summed E-state index contributed by atoms with van der Waals surface area (Å²) in [4.78, 5) is 15.2. The van der Waals surface area contributed by atoms with Gasteiger partial charge in [-0.1, -0.05) is 25.1 Å². The van der Waals surface area contributed by atoms with Crippen LogP contribution in [0.1, 0.15) is 18.4 Å². The minimum atomic E-state index is -4.57. The van der Waals surface area contributed by atoms with Gasteiger partial charge in [0.15, 0.2) is 0 Å². The highest BCUT2D eigenvalue weighted by molar-refractivity contribution is 5.82. The normalized spacial score (nSPS) is 15.0. The molecule has 0 saturated carbocycles. The van der Waals surface area contributed by atoms with E-state index in [-0.39, 0.29) is 5.56 Å². The molecule has 1 aromatic heterocycles. The Bertz CT molecular complexity index is 640. The van der Waals surface area contributed by atoms with E-state index in [1.165, 1.54) is 12.3 Å². The third-order valence-electron chi connectivity index (χ3n) is 3.25. The average molecular weight is 283 g/mol. The Kier molecular flexibility index (Phi) is 3.65. The molecule has 0 fully saturated rings. The molecule has 1 heterocycles.